The molecule has 2 atom stereocenters. The van der Waals surface area contributed by atoms with Crippen LogP contribution in [0.15, 0.2) is 12.3 Å². The SMILES string of the molecule is Fc1c(CNC2CC2)ccnc1N1CC2CCC1C2. The van der Waals surface area contributed by atoms with Gasteiger partial charge in [0.15, 0.2) is 11.6 Å². The highest BCUT2D eigenvalue weighted by molar-refractivity contribution is 5.46. The van der Waals surface area contributed by atoms with Crippen molar-refractivity contribution in [2.75, 3.05) is 11.4 Å². The summed E-state index contributed by atoms with van der Waals surface area (Å²) in [4.78, 5) is 6.50. The molecule has 1 aromatic rings. The van der Waals surface area contributed by atoms with Crippen LogP contribution < -0.4 is 10.2 Å². The predicted molar refractivity (Wildman–Crippen MR) is 72.5 cm³/mol. The summed E-state index contributed by atoms with van der Waals surface area (Å²) in [7, 11) is 0. The molecule has 3 fully saturated rings. The molecule has 1 aliphatic heterocycles. The van der Waals surface area contributed by atoms with Gasteiger partial charge in [0.1, 0.15) is 0 Å². The monoisotopic (exact) mass is 261 g/mol. The lowest BCUT2D eigenvalue weighted by molar-refractivity contribution is 0.527. The summed E-state index contributed by atoms with van der Waals surface area (Å²) in [6, 6.07) is 2.94. The highest BCUT2D eigenvalue weighted by Crippen LogP contribution is 2.40. The van der Waals surface area contributed by atoms with Gasteiger partial charge in [-0.15, -0.1) is 0 Å². The van der Waals surface area contributed by atoms with Gasteiger partial charge in [0.2, 0.25) is 0 Å². The minimum atomic E-state index is -0.108. The fourth-order valence-corrected chi connectivity index (χ4v) is 3.53. The third-order valence-corrected chi connectivity index (χ3v) is 4.79. The van der Waals surface area contributed by atoms with E-state index in [0.29, 0.717) is 24.4 Å². The number of aromatic nitrogens is 1. The first kappa shape index (κ1) is 11.6. The van der Waals surface area contributed by atoms with Crippen LogP contribution in [0.25, 0.3) is 0 Å². The van der Waals surface area contributed by atoms with E-state index < -0.39 is 0 Å². The van der Waals surface area contributed by atoms with Gasteiger partial charge >= 0.3 is 0 Å². The average molecular weight is 261 g/mol. The van der Waals surface area contributed by atoms with Gasteiger partial charge in [-0.25, -0.2) is 9.37 Å². The number of nitrogens with one attached hydrogen (secondary N) is 1. The van der Waals surface area contributed by atoms with E-state index >= 15 is 0 Å². The maximum atomic E-state index is 14.6. The lowest BCUT2D eigenvalue weighted by atomic mass is 10.1. The van der Waals surface area contributed by atoms with Crippen molar-refractivity contribution < 1.29 is 4.39 Å². The molecule has 0 aromatic carbocycles. The predicted octanol–water partition coefficient (Wildman–Crippen LogP) is 2.46. The fraction of sp³-hybridized carbons (Fsp3) is 0.667. The second-order valence-electron chi connectivity index (χ2n) is 6.25. The molecule has 2 aliphatic carbocycles. The first-order valence-corrected chi connectivity index (χ1v) is 7.44. The van der Waals surface area contributed by atoms with Crippen molar-refractivity contribution in [2.24, 2.45) is 5.92 Å². The summed E-state index contributed by atoms with van der Waals surface area (Å²) in [6.45, 7) is 1.63. The minimum absolute atomic E-state index is 0.108. The fourth-order valence-electron chi connectivity index (χ4n) is 3.53. The van der Waals surface area contributed by atoms with Gasteiger partial charge in [-0.1, -0.05) is 0 Å². The number of rotatable bonds is 4. The number of hydrogen-bond donors (Lipinski definition) is 1. The quantitative estimate of drug-likeness (QED) is 0.902. The van der Waals surface area contributed by atoms with Gasteiger partial charge < -0.3 is 10.2 Å². The molecule has 102 valence electrons. The van der Waals surface area contributed by atoms with Crippen LogP contribution in [0.5, 0.6) is 0 Å². The molecular weight excluding hydrogens is 241 g/mol. The first-order chi connectivity index (χ1) is 9.31. The zero-order chi connectivity index (χ0) is 12.8. The summed E-state index contributed by atoms with van der Waals surface area (Å²) in [6.07, 6.45) is 7.97. The minimum Gasteiger partial charge on any atom is -0.351 e. The normalized spacial score (nSPS) is 29.2. The molecule has 4 rings (SSSR count). The Balaban J connectivity index is 1.55. The molecule has 1 saturated heterocycles. The second-order valence-corrected chi connectivity index (χ2v) is 6.25. The Bertz CT molecular complexity index is 486. The van der Waals surface area contributed by atoms with E-state index in [1.165, 1.54) is 32.1 Å². The second kappa shape index (κ2) is 4.44. The van der Waals surface area contributed by atoms with Crippen molar-refractivity contribution in [3.8, 4) is 0 Å². The van der Waals surface area contributed by atoms with Crippen molar-refractivity contribution in [2.45, 2.75) is 50.7 Å². The molecule has 4 heteroatoms. The smallest absolute Gasteiger partial charge is 0.170 e. The molecule has 0 spiro atoms. The topological polar surface area (TPSA) is 28.2 Å². The Morgan fingerprint density at radius 1 is 1.32 bits per heavy atom. The Morgan fingerprint density at radius 2 is 2.21 bits per heavy atom. The standard InChI is InChI=1S/C15H20FN3/c16-14-11(8-18-12-2-3-12)5-6-17-15(14)19-9-10-1-4-13(19)7-10/h5-6,10,12-13,18H,1-4,7-9H2. The maximum Gasteiger partial charge on any atom is 0.170 e. The van der Waals surface area contributed by atoms with E-state index in [0.717, 1.165) is 18.0 Å². The number of pyridine rings is 1. The number of piperidine rings is 1. The lowest BCUT2D eigenvalue weighted by Crippen LogP contribution is -2.33. The highest BCUT2D eigenvalue weighted by Gasteiger charge is 2.39. The van der Waals surface area contributed by atoms with Gasteiger partial charge in [0.05, 0.1) is 0 Å². The van der Waals surface area contributed by atoms with Gasteiger partial charge in [-0.2, -0.15) is 0 Å². The van der Waals surface area contributed by atoms with Crippen molar-refractivity contribution in [1.29, 1.82) is 0 Å². The van der Waals surface area contributed by atoms with Crippen LogP contribution in [-0.2, 0) is 6.54 Å². The van der Waals surface area contributed by atoms with Gasteiger partial charge in [0.25, 0.3) is 0 Å². The molecule has 0 amide bonds. The van der Waals surface area contributed by atoms with Crippen LogP contribution in [0.1, 0.15) is 37.7 Å². The molecule has 2 heterocycles. The van der Waals surface area contributed by atoms with E-state index in [9.17, 15) is 4.39 Å². The third-order valence-electron chi connectivity index (χ3n) is 4.79. The van der Waals surface area contributed by atoms with E-state index in [4.69, 9.17) is 0 Å². The van der Waals surface area contributed by atoms with Crippen LogP contribution in [-0.4, -0.2) is 23.6 Å². The molecule has 0 radical (unpaired) electrons. The summed E-state index contributed by atoms with van der Waals surface area (Å²) >= 11 is 0. The first-order valence-electron chi connectivity index (χ1n) is 7.44. The highest BCUT2D eigenvalue weighted by atomic mass is 19.1. The van der Waals surface area contributed by atoms with E-state index in [-0.39, 0.29) is 5.82 Å². The largest absolute Gasteiger partial charge is 0.351 e. The molecule has 2 bridgehead atoms. The molecule has 1 aromatic heterocycles. The Labute approximate surface area is 113 Å². The van der Waals surface area contributed by atoms with Crippen LogP contribution in [0.3, 0.4) is 0 Å². The molecule has 3 nitrogen and oxygen atoms in total. The molecule has 2 unspecified atom stereocenters. The number of anilines is 1. The van der Waals surface area contributed by atoms with Crippen LogP contribution >= 0.6 is 0 Å². The van der Waals surface area contributed by atoms with Gasteiger partial charge in [-0.3, -0.25) is 0 Å². The molecular formula is C15H20FN3. The molecule has 19 heavy (non-hydrogen) atoms. The maximum absolute atomic E-state index is 14.6. The lowest BCUT2D eigenvalue weighted by Gasteiger charge is -2.28. The number of nitrogens with zero attached hydrogens (tertiary/aromatic N) is 2. The zero-order valence-corrected chi connectivity index (χ0v) is 11.1. The molecule has 1 N–H and O–H groups in total. The van der Waals surface area contributed by atoms with Crippen molar-refractivity contribution in [3.63, 3.8) is 0 Å². The average Bonchev–Trinajstić information content (AvgIpc) is 3.01. The van der Waals surface area contributed by atoms with E-state index in [1.54, 1.807) is 6.20 Å². The summed E-state index contributed by atoms with van der Waals surface area (Å²) in [5.74, 6) is 1.24. The summed E-state index contributed by atoms with van der Waals surface area (Å²) in [5, 5.41) is 3.38. The summed E-state index contributed by atoms with van der Waals surface area (Å²) < 4.78 is 14.6. The number of hydrogen-bond acceptors (Lipinski definition) is 3. The zero-order valence-electron chi connectivity index (χ0n) is 11.1. The summed E-state index contributed by atoms with van der Waals surface area (Å²) in [5.41, 5.74) is 0.764. The number of fused-ring (bicyclic) bond motifs is 2. The Kier molecular flexibility index (Phi) is 2.72. The molecule has 3 aliphatic rings. The van der Waals surface area contributed by atoms with Gasteiger partial charge in [-0.05, 0) is 44.1 Å². The van der Waals surface area contributed by atoms with Crippen LogP contribution in [0.4, 0.5) is 10.2 Å². The van der Waals surface area contributed by atoms with Gasteiger partial charge in [0, 0.05) is 36.9 Å². The van der Waals surface area contributed by atoms with E-state index in [2.05, 4.69) is 15.2 Å². The third kappa shape index (κ3) is 2.12. The molecule has 2 saturated carbocycles. The van der Waals surface area contributed by atoms with Crippen molar-refractivity contribution in [3.05, 3.63) is 23.6 Å². The number of halogens is 1. The van der Waals surface area contributed by atoms with Crippen LogP contribution in [0, 0.1) is 11.7 Å². The van der Waals surface area contributed by atoms with Crippen LogP contribution in [0.2, 0.25) is 0 Å². The Hall–Kier alpha value is -1.16. The van der Waals surface area contributed by atoms with Crippen molar-refractivity contribution >= 4 is 5.82 Å². The van der Waals surface area contributed by atoms with Crippen molar-refractivity contribution in [1.82, 2.24) is 10.3 Å². The Morgan fingerprint density at radius 3 is 2.89 bits per heavy atom. The van der Waals surface area contributed by atoms with E-state index in [1.807, 2.05) is 6.07 Å².